The summed E-state index contributed by atoms with van der Waals surface area (Å²) in [5.41, 5.74) is 2.52. The molecule has 0 spiro atoms. The van der Waals surface area contributed by atoms with Gasteiger partial charge in [0, 0.05) is 19.3 Å². The lowest BCUT2D eigenvalue weighted by Crippen LogP contribution is -2.34. The second-order valence-electron chi connectivity index (χ2n) is 4.74. The monoisotopic (exact) mass is 275 g/mol. The van der Waals surface area contributed by atoms with E-state index in [0.29, 0.717) is 24.5 Å². The number of anilines is 1. The molecule has 0 saturated heterocycles. The van der Waals surface area contributed by atoms with Crippen molar-refractivity contribution in [1.82, 2.24) is 4.98 Å². The van der Waals surface area contributed by atoms with Crippen molar-refractivity contribution in [3.05, 3.63) is 22.9 Å². The molecule has 1 aliphatic rings. The van der Waals surface area contributed by atoms with Gasteiger partial charge < -0.3 is 14.7 Å². The van der Waals surface area contributed by atoms with E-state index in [9.17, 15) is 10.1 Å². The van der Waals surface area contributed by atoms with Gasteiger partial charge in [-0.2, -0.15) is 5.26 Å². The lowest BCUT2D eigenvalue weighted by atomic mass is 10.1. The molecule has 0 aromatic carbocycles. The Morgan fingerprint density at radius 1 is 1.60 bits per heavy atom. The zero-order valence-electron chi connectivity index (χ0n) is 11.4. The largest absolute Gasteiger partial charge is 0.480 e. The van der Waals surface area contributed by atoms with E-state index in [1.165, 1.54) is 0 Å². The quantitative estimate of drug-likeness (QED) is 0.832. The molecule has 0 atom stereocenters. The van der Waals surface area contributed by atoms with Crippen molar-refractivity contribution < 1.29 is 14.6 Å². The molecule has 0 amide bonds. The van der Waals surface area contributed by atoms with Gasteiger partial charge in [0.25, 0.3) is 0 Å². The molecule has 6 nitrogen and oxygen atoms in total. The number of ether oxygens (including phenoxy) is 1. The van der Waals surface area contributed by atoms with Crippen LogP contribution in [0.3, 0.4) is 0 Å². The number of carbonyl (C=O) groups is 1. The third kappa shape index (κ3) is 3.06. The third-order valence-electron chi connectivity index (χ3n) is 3.34. The predicted octanol–water partition coefficient (Wildman–Crippen LogP) is 0.979. The summed E-state index contributed by atoms with van der Waals surface area (Å²) >= 11 is 0. The summed E-state index contributed by atoms with van der Waals surface area (Å²) < 4.78 is 5.00. The smallest absolute Gasteiger partial charge is 0.323 e. The molecule has 0 fully saturated rings. The number of aliphatic carboxylic acids is 1. The number of nitrogens with zero attached hydrogens (tertiary/aromatic N) is 3. The first-order chi connectivity index (χ1) is 9.65. The minimum Gasteiger partial charge on any atom is -0.480 e. The van der Waals surface area contributed by atoms with Crippen molar-refractivity contribution >= 4 is 11.8 Å². The van der Waals surface area contributed by atoms with Crippen molar-refractivity contribution in [2.75, 3.05) is 31.7 Å². The van der Waals surface area contributed by atoms with Crippen LogP contribution in [0.25, 0.3) is 0 Å². The van der Waals surface area contributed by atoms with Gasteiger partial charge in [-0.15, -0.1) is 0 Å². The molecule has 106 valence electrons. The maximum Gasteiger partial charge on any atom is 0.323 e. The summed E-state index contributed by atoms with van der Waals surface area (Å²) in [5, 5.41) is 18.3. The number of pyridine rings is 1. The van der Waals surface area contributed by atoms with Gasteiger partial charge in [0.15, 0.2) is 0 Å². The van der Waals surface area contributed by atoms with Crippen LogP contribution in [0, 0.1) is 11.3 Å². The molecule has 0 saturated carbocycles. The van der Waals surface area contributed by atoms with Crippen LogP contribution >= 0.6 is 0 Å². The lowest BCUT2D eigenvalue weighted by Gasteiger charge is -2.23. The Bertz CT molecular complexity index is 551. The highest BCUT2D eigenvalue weighted by Crippen LogP contribution is 2.26. The van der Waals surface area contributed by atoms with Crippen LogP contribution in [-0.2, 0) is 22.4 Å². The van der Waals surface area contributed by atoms with Gasteiger partial charge in [0.1, 0.15) is 18.4 Å². The molecule has 0 radical (unpaired) electrons. The molecule has 1 aromatic heterocycles. The number of rotatable bonds is 6. The van der Waals surface area contributed by atoms with Gasteiger partial charge in [-0.1, -0.05) is 0 Å². The Labute approximate surface area is 117 Å². The van der Waals surface area contributed by atoms with Crippen LogP contribution in [0.1, 0.15) is 23.2 Å². The Hall–Kier alpha value is -2.13. The van der Waals surface area contributed by atoms with E-state index in [2.05, 4.69) is 11.1 Å². The molecule has 1 aliphatic carbocycles. The summed E-state index contributed by atoms with van der Waals surface area (Å²) in [6.07, 6.45) is 2.86. The SMILES string of the molecule is COCCN(CC(=O)O)c1nc2c(cc1C#N)CCC2. The number of methoxy groups -OCH3 is 1. The van der Waals surface area contributed by atoms with Gasteiger partial charge in [-0.05, 0) is 30.9 Å². The highest BCUT2D eigenvalue weighted by Gasteiger charge is 2.21. The molecule has 1 aromatic rings. The first kappa shape index (κ1) is 14.3. The van der Waals surface area contributed by atoms with Crippen LogP contribution in [0.15, 0.2) is 6.07 Å². The molecule has 1 N–H and O–H groups in total. The van der Waals surface area contributed by atoms with Crippen molar-refractivity contribution in [1.29, 1.82) is 5.26 Å². The predicted molar refractivity (Wildman–Crippen MR) is 72.7 cm³/mol. The molecular weight excluding hydrogens is 258 g/mol. The van der Waals surface area contributed by atoms with Gasteiger partial charge in [-0.25, -0.2) is 4.98 Å². The van der Waals surface area contributed by atoms with Crippen molar-refractivity contribution in [3.63, 3.8) is 0 Å². The third-order valence-corrected chi connectivity index (χ3v) is 3.34. The fraction of sp³-hybridized carbons (Fsp3) is 0.500. The van der Waals surface area contributed by atoms with Crippen LogP contribution < -0.4 is 4.90 Å². The number of hydrogen-bond acceptors (Lipinski definition) is 5. The summed E-state index contributed by atoms with van der Waals surface area (Å²) in [6, 6.07) is 3.96. The second kappa shape index (κ2) is 6.35. The number of hydrogen-bond donors (Lipinski definition) is 1. The van der Waals surface area contributed by atoms with Crippen molar-refractivity contribution in [3.8, 4) is 6.07 Å². The maximum absolute atomic E-state index is 11.0. The first-order valence-corrected chi connectivity index (χ1v) is 6.54. The molecule has 20 heavy (non-hydrogen) atoms. The van der Waals surface area contributed by atoms with E-state index >= 15 is 0 Å². The number of carboxylic acid groups (broad SMARTS) is 1. The highest BCUT2D eigenvalue weighted by molar-refractivity contribution is 5.74. The number of nitriles is 1. The minimum atomic E-state index is -0.952. The average molecular weight is 275 g/mol. The molecule has 0 unspecified atom stereocenters. The minimum absolute atomic E-state index is 0.191. The number of fused-ring (bicyclic) bond motifs is 1. The van der Waals surface area contributed by atoms with E-state index in [-0.39, 0.29) is 6.54 Å². The Kier molecular flexibility index (Phi) is 4.53. The van der Waals surface area contributed by atoms with E-state index < -0.39 is 5.97 Å². The average Bonchev–Trinajstić information content (AvgIpc) is 2.88. The Morgan fingerprint density at radius 3 is 3.05 bits per heavy atom. The molecule has 0 aliphatic heterocycles. The van der Waals surface area contributed by atoms with E-state index in [1.807, 2.05) is 6.07 Å². The second-order valence-corrected chi connectivity index (χ2v) is 4.74. The standard InChI is InChI=1S/C14H17N3O3/c1-20-6-5-17(9-13(18)19)14-11(8-15)7-10-3-2-4-12(10)16-14/h7H,2-6,9H2,1H3,(H,18,19). The molecular formula is C14H17N3O3. The summed E-state index contributed by atoms with van der Waals surface area (Å²) in [7, 11) is 1.56. The van der Waals surface area contributed by atoms with Crippen LogP contribution in [0.4, 0.5) is 5.82 Å². The normalized spacial score (nSPS) is 12.8. The highest BCUT2D eigenvalue weighted by atomic mass is 16.5. The van der Waals surface area contributed by atoms with Crippen molar-refractivity contribution in [2.45, 2.75) is 19.3 Å². The zero-order chi connectivity index (χ0) is 14.5. The van der Waals surface area contributed by atoms with Gasteiger partial charge in [0.05, 0.1) is 12.2 Å². The van der Waals surface area contributed by atoms with E-state index in [1.54, 1.807) is 12.0 Å². The number of aryl methyl sites for hydroxylation is 2. The maximum atomic E-state index is 11.0. The molecule has 0 bridgehead atoms. The topological polar surface area (TPSA) is 86.4 Å². The van der Waals surface area contributed by atoms with Crippen LogP contribution in [0.5, 0.6) is 0 Å². The summed E-state index contributed by atoms with van der Waals surface area (Å²) in [5.74, 6) is -0.500. The number of carboxylic acids is 1. The fourth-order valence-corrected chi connectivity index (χ4v) is 2.41. The van der Waals surface area contributed by atoms with Gasteiger partial charge >= 0.3 is 5.97 Å². The molecule has 6 heteroatoms. The van der Waals surface area contributed by atoms with Crippen LogP contribution in [-0.4, -0.2) is 42.9 Å². The zero-order valence-corrected chi connectivity index (χ0v) is 11.4. The van der Waals surface area contributed by atoms with Gasteiger partial charge in [-0.3, -0.25) is 4.79 Å². The van der Waals surface area contributed by atoms with E-state index in [4.69, 9.17) is 9.84 Å². The fourth-order valence-electron chi connectivity index (χ4n) is 2.41. The van der Waals surface area contributed by atoms with Crippen LogP contribution in [0.2, 0.25) is 0 Å². The summed E-state index contributed by atoms with van der Waals surface area (Å²) in [4.78, 5) is 17.1. The summed E-state index contributed by atoms with van der Waals surface area (Å²) in [6.45, 7) is 0.587. The van der Waals surface area contributed by atoms with Crippen molar-refractivity contribution in [2.24, 2.45) is 0 Å². The molecule has 1 heterocycles. The van der Waals surface area contributed by atoms with Gasteiger partial charge in [0.2, 0.25) is 0 Å². The first-order valence-electron chi connectivity index (χ1n) is 6.54. The molecule has 2 rings (SSSR count). The Balaban J connectivity index is 2.36. The van der Waals surface area contributed by atoms with E-state index in [0.717, 1.165) is 30.5 Å². The lowest BCUT2D eigenvalue weighted by molar-refractivity contribution is -0.135. The Morgan fingerprint density at radius 2 is 2.40 bits per heavy atom. The number of aromatic nitrogens is 1.